The molecule has 1 fully saturated rings. The van der Waals surface area contributed by atoms with Crippen molar-refractivity contribution in [2.45, 2.75) is 77.5 Å². The van der Waals surface area contributed by atoms with Crippen molar-refractivity contribution in [3.05, 3.63) is 0 Å². The molecule has 0 aromatic heterocycles. The highest BCUT2D eigenvalue weighted by molar-refractivity contribution is 4.84. The summed E-state index contributed by atoms with van der Waals surface area (Å²) in [5, 5.41) is 13.7. The summed E-state index contributed by atoms with van der Waals surface area (Å²) in [6.45, 7) is 8.55. The Morgan fingerprint density at radius 2 is 1.67 bits per heavy atom. The first-order chi connectivity index (χ1) is 6.90. The third-order valence-electron chi connectivity index (χ3n) is 3.31. The van der Waals surface area contributed by atoms with Gasteiger partial charge in [0.25, 0.3) is 0 Å². The summed E-state index contributed by atoms with van der Waals surface area (Å²) < 4.78 is 0. The Hall–Kier alpha value is -0.0800. The zero-order valence-corrected chi connectivity index (χ0v) is 10.7. The number of rotatable bonds is 3. The van der Waals surface area contributed by atoms with Gasteiger partial charge in [-0.05, 0) is 46.5 Å². The minimum Gasteiger partial charge on any atom is -0.391 e. The van der Waals surface area contributed by atoms with Crippen LogP contribution >= 0.6 is 0 Å². The Labute approximate surface area is 94.5 Å². The fourth-order valence-corrected chi connectivity index (χ4v) is 2.65. The van der Waals surface area contributed by atoms with Crippen LogP contribution < -0.4 is 5.32 Å². The van der Waals surface area contributed by atoms with Crippen LogP contribution in [0.4, 0.5) is 0 Å². The molecule has 1 rings (SSSR count). The minimum atomic E-state index is -0.176. The lowest BCUT2D eigenvalue weighted by Gasteiger charge is -2.34. The van der Waals surface area contributed by atoms with E-state index in [0.717, 1.165) is 0 Å². The van der Waals surface area contributed by atoms with Crippen molar-refractivity contribution in [3.8, 4) is 0 Å². The molecule has 2 nitrogen and oxygen atoms in total. The second-order valence-corrected chi connectivity index (χ2v) is 6.07. The molecule has 1 saturated carbocycles. The van der Waals surface area contributed by atoms with Gasteiger partial charge in [0, 0.05) is 11.6 Å². The van der Waals surface area contributed by atoms with Crippen LogP contribution in [0.5, 0.6) is 0 Å². The summed E-state index contributed by atoms with van der Waals surface area (Å²) in [6.07, 6.45) is 6.18. The second-order valence-electron chi connectivity index (χ2n) is 6.07. The van der Waals surface area contributed by atoms with Gasteiger partial charge in [0.1, 0.15) is 0 Å². The molecule has 0 spiro atoms. The van der Waals surface area contributed by atoms with E-state index in [0.29, 0.717) is 5.92 Å². The van der Waals surface area contributed by atoms with Gasteiger partial charge in [-0.25, -0.2) is 0 Å². The van der Waals surface area contributed by atoms with E-state index in [1.165, 1.54) is 32.1 Å². The van der Waals surface area contributed by atoms with Gasteiger partial charge in [-0.1, -0.05) is 19.3 Å². The maximum absolute atomic E-state index is 10.2. The Morgan fingerprint density at radius 1 is 1.13 bits per heavy atom. The summed E-state index contributed by atoms with van der Waals surface area (Å²) in [5.74, 6) is 0.517. The van der Waals surface area contributed by atoms with Gasteiger partial charge >= 0.3 is 0 Å². The highest BCUT2D eigenvalue weighted by atomic mass is 16.3. The molecule has 0 heterocycles. The molecular formula is C13H27NO. The summed E-state index contributed by atoms with van der Waals surface area (Å²) >= 11 is 0. The van der Waals surface area contributed by atoms with Crippen LogP contribution in [0.3, 0.4) is 0 Å². The SMILES string of the molecule is C[C@@H](NC(C)(C)C)[C@@H](O)C1CCCCC1. The largest absolute Gasteiger partial charge is 0.391 e. The summed E-state index contributed by atoms with van der Waals surface area (Å²) in [7, 11) is 0. The quantitative estimate of drug-likeness (QED) is 0.755. The van der Waals surface area contributed by atoms with E-state index in [9.17, 15) is 5.11 Å². The molecule has 0 aliphatic heterocycles. The predicted molar refractivity (Wildman–Crippen MR) is 64.9 cm³/mol. The molecule has 0 aromatic carbocycles. The normalized spacial score (nSPS) is 23.8. The number of nitrogens with one attached hydrogen (secondary N) is 1. The fourth-order valence-electron chi connectivity index (χ4n) is 2.65. The van der Waals surface area contributed by atoms with Crippen molar-refractivity contribution in [3.63, 3.8) is 0 Å². The lowest BCUT2D eigenvalue weighted by molar-refractivity contribution is 0.0474. The smallest absolute Gasteiger partial charge is 0.0718 e. The lowest BCUT2D eigenvalue weighted by atomic mass is 9.82. The molecule has 0 aromatic rings. The van der Waals surface area contributed by atoms with Crippen molar-refractivity contribution in [2.75, 3.05) is 0 Å². The molecule has 2 heteroatoms. The summed E-state index contributed by atoms with van der Waals surface area (Å²) in [4.78, 5) is 0. The number of hydrogen-bond acceptors (Lipinski definition) is 2. The van der Waals surface area contributed by atoms with Crippen molar-refractivity contribution in [2.24, 2.45) is 5.92 Å². The highest BCUT2D eigenvalue weighted by Gasteiger charge is 2.28. The van der Waals surface area contributed by atoms with Gasteiger partial charge in [-0.15, -0.1) is 0 Å². The van der Waals surface area contributed by atoms with Gasteiger partial charge in [-0.2, -0.15) is 0 Å². The van der Waals surface area contributed by atoms with Gasteiger partial charge in [-0.3, -0.25) is 0 Å². The van der Waals surface area contributed by atoms with Crippen molar-refractivity contribution in [1.82, 2.24) is 5.32 Å². The van der Waals surface area contributed by atoms with Crippen LogP contribution in [0.2, 0.25) is 0 Å². The maximum Gasteiger partial charge on any atom is 0.0718 e. The molecule has 0 amide bonds. The first-order valence-corrected chi connectivity index (χ1v) is 6.36. The van der Waals surface area contributed by atoms with E-state index >= 15 is 0 Å². The number of aliphatic hydroxyl groups is 1. The van der Waals surface area contributed by atoms with Crippen LogP contribution in [0, 0.1) is 5.92 Å². The van der Waals surface area contributed by atoms with Crippen molar-refractivity contribution < 1.29 is 5.11 Å². The molecule has 15 heavy (non-hydrogen) atoms. The molecule has 90 valence electrons. The molecule has 2 atom stereocenters. The standard InChI is InChI=1S/C13H27NO/c1-10(14-13(2,3)4)12(15)11-8-6-5-7-9-11/h10-12,14-15H,5-9H2,1-4H3/t10-,12-/m1/s1. The zero-order valence-electron chi connectivity index (χ0n) is 10.7. The number of aliphatic hydroxyl groups excluding tert-OH is 1. The van der Waals surface area contributed by atoms with Crippen LogP contribution in [-0.4, -0.2) is 22.8 Å². The molecular weight excluding hydrogens is 186 g/mol. The van der Waals surface area contributed by atoms with Crippen LogP contribution in [0.25, 0.3) is 0 Å². The van der Waals surface area contributed by atoms with Gasteiger partial charge < -0.3 is 10.4 Å². The molecule has 0 saturated heterocycles. The van der Waals surface area contributed by atoms with Gasteiger partial charge in [0.05, 0.1) is 6.10 Å². The van der Waals surface area contributed by atoms with E-state index in [1.807, 2.05) is 0 Å². The Bertz CT molecular complexity index is 179. The average molecular weight is 213 g/mol. The Balaban J connectivity index is 2.40. The van der Waals surface area contributed by atoms with E-state index in [4.69, 9.17) is 0 Å². The summed E-state index contributed by atoms with van der Waals surface area (Å²) in [6, 6.07) is 0.202. The highest BCUT2D eigenvalue weighted by Crippen LogP contribution is 2.28. The molecule has 1 aliphatic carbocycles. The van der Waals surface area contributed by atoms with Gasteiger partial charge in [0.2, 0.25) is 0 Å². The monoisotopic (exact) mass is 213 g/mol. The van der Waals surface area contributed by atoms with E-state index < -0.39 is 0 Å². The molecule has 1 aliphatic rings. The fraction of sp³-hybridized carbons (Fsp3) is 1.00. The molecule has 0 bridgehead atoms. The van der Waals surface area contributed by atoms with E-state index in [1.54, 1.807) is 0 Å². The van der Waals surface area contributed by atoms with Crippen LogP contribution in [0.1, 0.15) is 59.8 Å². The first kappa shape index (κ1) is 13.0. The molecule has 0 radical (unpaired) electrons. The van der Waals surface area contributed by atoms with E-state index in [-0.39, 0.29) is 17.7 Å². The van der Waals surface area contributed by atoms with Crippen molar-refractivity contribution in [1.29, 1.82) is 0 Å². The third kappa shape index (κ3) is 4.52. The Kier molecular flexibility index (Phi) is 4.60. The number of hydrogen-bond donors (Lipinski definition) is 2. The molecule has 2 N–H and O–H groups in total. The van der Waals surface area contributed by atoms with Crippen LogP contribution in [-0.2, 0) is 0 Å². The zero-order chi connectivity index (χ0) is 11.5. The predicted octanol–water partition coefficient (Wildman–Crippen LogP) is 2.70. The first-order valence-electron chi connectivity index (χ1n) is 6.36. The van der Waals surface area contributed by atoms with Gasteiger partial charge in [0.15, 0.2) is 0 Å². The summed E-state index contributed by atoms with van der Waals surface area (Å²) in [5.41, 5.74) is 0.0923. The second kappa shape index (κ2) is 5.31. The topological polar surface area (TPSA) is 32.3 Å². The average Bonchev–Trinajstić information content (AvgIpc) is 2.15. The van der Waals surface area contributed by atoms with Crippen LogP contribution in [0.15, 0.2) is 0 Å². The minimum absolute atomic E-state index is 0.0923. The Morgan fingerprint density at radius 3 is 2.13 bits per heavy atom. The third-order valence-corrected chi connectivity index (χ3v) is 3.31. The molecule has 0 unspecified atom stereocenters. The lowest BCUT2D eigenvalue weighted by Crippen LogP contribution is -2.50. The van der Waals surface area contributed by atoms with Crippen molar-refractivity contribution >= 4 is 0 Å². The van der Waals surface area contributed by atoms with E-state index in [2.05, 4.69) is 33.0 Å². The maximum atomic E-state index is 10.2.